The number of hydrogen-bond acceptors (Lipinski definition) is 5. The molecule has 1 aliphatic rings. The number of benzene rings is 2. The summed E-state index contributed by atoms with van der Waals surface area (Å²) < 4.78 is 31.1. The van der Waals surface area contributed by atoms with Crippen LogP contribution in [-0.2, 0) is 15.4 Å². The van der Waals surface area contributed by atoms with Gasteiger partial charge in [-0.25, -0.2) is 8.42 Å². The van der Waals surface area contributed by atoms with Crippen LogP contribution in [0.25, 0.3) is 0 Å². The van der Waals surface area contributed by atoms with Crippen molar-refractivity contribution in [1.29, 1.82) is 0 Å². The maximum atomic E-state index is 12.9. The second-order valence-corrected chi connectivity index (χ2v) is 10.4. The lowest BCUT2D eigenvalue weighted by molar-refractivity contribution is -0.0730. The lowest BCUT2D eigenvalue weighted by Gasteiger charge is -2.44. The second-order valence-electron chi connectivity index (χ2n) is 8.35. The van der Waals surface area contributed by atoms with Gasteiger partial charge in [0.2, 0.25) is 0 Å². The fourth-order valence-corrected chi connectivity index (χ4v) is 6.16. The maximum absolute atomic E-state index is 12.9. The molecule has 0 aliphatic heterocycles. The Morgan fingerprint density at radius 1 is 1.14 bits per heavy atom. The summed E-state index contributed by atoms with van der Waals surface area (Å²) in [5, 5.41) is 11.7. The van der Waals surface area contributed by atoms with Crippen LogP contribution in [0.4, 0.5) is 0 Å². The summed E-state index contributed by atoms with van der Waals surface area (Å²) in [4.78, 5) is 2.43. The summed E-state index contributed by atoms with van der Waals surface area (Å²) in [6.45, 7) is 0.690. The molecule has 1 N–H and O–H groups in total. The highest BCUT2D eigenvalue weighted by atomic mass is 32.2. The van der Waals surface area contributed by atoms with E-state index in [2.05, 4.69) is 4.90 Å². The number of ether oxygens (including phenoxy) is 1. The lowest BCUT2D eigenvalue weighted by Crippen LogP contribution is -2.46. The monoisotopic (exact) mass is 417 g/mol. The van der Waals surface area contributed by atoms with Crippen molar-refractivity contribution in [3.8, 4) is 5.75 Å². The zero-order chi connectivity index (χ0) is 21.1. The zero-order valence-corrected chi connectivity index (χ0v) is 18.2. The fraction of sp³-hybridized carbons (Fsp3) is 0.478. The first kappa shape index (κ1) is 21.8. The lowest BCUT2D eigenvalue weighted by atomic mass is 9.68. The Morgan fingerprint density at radius 2 is 1.86 bits per heavy atom. The highest BCUT2D eigenvalue weighted by Crippen LogP contribution is 2.45. The van der Waals surface area contributed by atoms with Gasteiger partial charge in [0.25, 0.3) is 0 Å². The van der Waals surface area contributed by atoms with E-state index in [0.29, 0.717) is 36.5 Å². The summed E-state index contributed by atoms with van der Waals surface area (Å²) in [7, 11) is 2.24. The minimum Gasteiger partial charge on any atom is -0.497 e. The first-order chi connectivity index (χ1) is 13.7. The second kappa shape index (κ2) is 8.86. The number of sulfone groups is 1. The number of methoxy groups -OCH3 is 1. The molecule has 6 heteroatoms. The third kappa shape index (κ3) is 5.00. The average Bonchev–Trinajstić information content (AvgIpc) is 2.71. The van der Waals surface area contributed by atoms with Crippen LogP contribution < -0.4 is 4.74 Å². The molecule has 0 radical (unpaired) electrons. The molecule has 2 aromatic carbocycles. The first-order valence-electron chi connectivity index (χ1n) is 10.0. The van der Waals surface area contributed by atoms with Crippen molar-refractivity contribution in [3.63, 3.8) is 0 Å². The molecule has 3 atom stereocenters. The van der Waals surface area contributed by atoms with E-state index in [1.54, 1.807) is 31.4 Å². The summed E-state index contributed by atoms with van der Waals surface area (Å²) in [6, 6.07) is 16.2. The molecule has 1 aliphatic carbocycles. The van der Waals surface area contributed by atoms with Gasteiger partial charge in [-0.1, -0.05) is 30.3 Å². The minimum atomic E-state index is -3.34. The Labute approximate surface area is 174 Å². The quantitative estimate of drug-likeness (QED) is 0.748. The predicted octanol–water partition coefficient (Wildman–Crippen LogP) is 3.33. The number of rotatable bonds is 7. The molecule has 158 valence electrons. The van der Waals surface area contributed by atoms with Gasteiger partial charge >= 0.3 is 0 Å². The van der Waals surface area contributed by atoms with Crippen LogP contribution in [0.2, 0.25) is 0 Å². The van der Waals surface area contributed by atoms with Crippen LogP contribution in [0.15, 0.2) is 59.5 Å². The van der Waals surface area contributed by atoms with E-state index in [4.69, 9.17) is 4.74 Å². The van der Waals surface area contributed by atoms with Crippen molar-refractivity contribution in [2.75, 3.05) is 33.5 Å². The Kier molecular flexibility index (Phi) is 6.66. The van der Waals surface area contributed by atoms with E-state index in [0.717, 1.165) is 5.56 Å². The summed E-state index contributed by atoms with van der Waals surface area (Å²) >= 11 is 0. The number of nitrogens with zero attached hydrogens (tertiary/aromatic N) is 1. The summed E-state index contributed by atoms with van der Waals surface area (Å²) in [6.07, 6.45) is 1.87. The molecule has 0 amide bonds. The van der Waals surface area contributed by atoms with Crippen molar-refractivity contribution in [3.05, 3.63) is 60.2 Å². The average molecular weight is 418 g/mol. The Balaban J connectivity index is 1.83. The maximum Gasteiger partial charge on any atom is 0.178 e. The molecule has 1 saturated carbocycles. The van der Waals surface area contributed by atoms with Gasteiger partial charge in [-0.05, 0) is 69.1 Å². The van der Waals surface area contributed by atoms with Gasteiger partial charge in [-0.15, -0.1) is 0 Å². The molecular weight excluding hydrogens is 386 g/mol. The summed E-state index contributed by atoms with van der Waals surface area (Å²) in [5.74, 6) is 0.800. The summed E-state index contributed by atoms with van der Waals surface area (Å²) in [5.41, 5.74) is -0.153. The minimum absolute atomic E-state index is 0.0241. The molecule has 5 nitrogen and oxygen atoms in total. The van der Waals surface area contributed by atoms with Crippen LogP contribution in [0, 0.1) is 11.8 Å². The molecule has 1 fully saturated rings. The molecule has 0 aromatic heterocycles. The van der Waals surface area contributed by atoms with Gasteiger partial charge in [0.15, 0.2) is 9.84 Å². The molecule has 0 saturated heterocycles. The van der Waals surface area contributed by atoms with E-state index in [9.17, 15) is 13.5 Å². The van der Waals surface area contributed by atoms with Crippen LogP contribution in [-0.4, -0.2) is 51.9 Å². The van der Waals surface area contributed by atoms with Gasteiger partial charge in [0, 0.05) is 12.5 Å². The van der Waals surface area contributed by atoms with Crippen molar-refractivity contribution in [2.45, 2.75) is 29.8 Å². The molecular formula is C23H31NO4S. The van der Waals surface area contributed by atoms with E-state index < -0.39 is 15.4 Å². The SMILES string of the molecule is COc1cccc(C2(O)CCC(CS(=O)(=O)c3ccccc3)CC2CN(C)C)c1. The van der Waals surface area contributed by atoms with Crippen LogP contribution in [0.5, 0.6) is 5.75 Å². The standard InChI is InChI=1S/C23H31NO4S/c1-24(2)16-20-14-18(17-29(26,27)22-10-5-4-6-11-22)12-13-23(20,25)19-8-7-9-21(15-19)28-3/h4-11,15,18,20,25H,12-14,16-17H2,1-3H3. The zero-order valence-electron chi connectivity index (χ0n) is 17.4. The third-order valence-corrected chi connectivity index (χ3v) is 7.84. The molecule has 0 bridgehead atoms. The Morgan fingerprint density at radius 3 is 2.52 bits per heavy atom. The van der Waals surface area contributed by atoms with Crippen LogP contribution in [0.3, 0.4) is 0 Å². The van der Waals surface area contributed by atoms with Crippen LogP contribution >= 0.6 is 0 Å². The highest BCUT2D eigenvalue weighted by Gasteiger charge is 2.44. The third-order valence-electron chi connectivity index (χ3n) is 5.94. The normalized spacial score (nSPS) is 25.1. The van der Waals surface area contributed by atoms with E-state index >= 15 is 0 Å². The Bertz CT molecular complexity index is 913. The largest absolute Gasteiger partial charge is 0.497 e. The van der Waals surface area contributed by atoms with Gasteiger partial charge in [0.1, 0.15) is 5.75 Å². The highest BCUT2D eigenvalue weighted by molar-refractivity contribution is 7.91. The van der Waals surface area contributed by atoms with Crippen molar-refractivity contribution >= 4 is 9.84 Å². The topological polar surface area (TPSA) is 66.8 Å². The smallest absolute Gasteiger partial charge is 0.178 e. The molecule has 0 heterocycles. The van der Waals surface area contributed by atoms with Crippen molar-refractivity contribution in [1.82, 2.24) is 4.90 Å². The van der Waals surface area contributed by atoms with E-state index in [1.165, 1.54) is 0 Å². The molecule has 0 spiro atoms. The first-order valence-corrected chi connectivity index (χ1v) is 11.7. The molecule has 29 heavy (non-hydrogen) atoms. The molecule has 2 aromatic rings. The van der Waals surface area contributed by atoms with Crippen molar-refractivity contribution < 1.29 is 18.3 Å². The molecule has 3 unspecified atom stereocenters. The molecule has 3 rings (SSSR count). The van der Waals surface area contributed by atoms with E-state index in [1.807, 2.05) is 44.4 Å². The van der Waals surface area contributed by atoms with E-state index in [-0.39, 0.29) is 17.6 Å². The van der Waals surface area contributed by atoms with Crippen molar-refractivity contribution in [2.24, 2.45) is 11.8 Å². The van der Waals surface area contributed by atoms with Gasteiger partial charge in [-0.3, -0.25) is 0 Å². The van der Waals surface area contributed by atoms with Gasteiger partial charge in [-0.2, -0.15) is 0 Å². The van der Waals surface area contributed by atoms with Gasteiger partial charge in [0.05, 0.1) is 23.4 Å². The van der Waals surface area contributed by atoms with Crippen LogP contribution in [0.1, 0.15) is 24.8 Å². The number of hydrogen-bond donors (Lipinski definition) is 1. The van der Waals surface area contributed by atoms with Gasteiger partial charge < -0.3 is 14.7 Å². The Hall–Kier alpha value is -1.89. The predicted molar refractivity (Wildman–Crippen MR) is 115 cm³/mol. The fourth-order valence-electron chi connectivity index (χ4n) is 4.47. The number of aliphatic hydroxyl groups is 1.